The van der Waals surface area contributed by atoms with Crippen LogP contribution in [0.5, 0.6) is 0 Å². The molecule has 0 aliphatic carbocycles. The van der Waals surface area contributed by atoms with Crippen LogP contribution < -0.4 is 10.6 Å². The van der Waals surface area contributed by atoms with E-state index in [9.17, 15) is 4.39 Å². The van der Waals surface area contributed by atoms with Crippen LogP contribution >= 0.6 is 55.7 Å². The molecule has 0 aromatic heterocycles. The molecule has 0 saturated heterocycles. The molecule has 2 aromatic carbocycles. The van der Waals surface area contributed by atoms with Crippen molar-refractivity contribution in [1.29, 1.82) is 0 Å². The lowest BCUT2D eigenvalue weighted by Crippen LogP contribution is -2.20. The van der Waals surface area contributed by atoms with Gasteiger partial charge in [-0.25, -0.2) is 4.39 Å². The molecule has 2 aromatic rings. The Labute approximate surface area is 143 Å². The summed E-state index contributed by atoms with van der Waals surface area (Å²) in [6.07, 6.45) is 0. The number of anilines is 2. The van der Waals surface area contributed by atoms with Crippen molar-refractivity contribution in [2.24, 2.45) is 0 Å². The molecule has 104 valence electrons. The van der Waals surface area contributed by atoms with Gasteiger partial charge in [-0.2, -0.15) is 0 Å². The first kappa shape index (κ1) is 15.7. The summed E-state index contributed by atoms with van der Waals surface area (Å²) >= 11 is 17.5. The first-order valence-corrected chi connectivity index (χ1v) is 7.81. The summed E-state index contributed by atoms with van der Waals surface area (Å²) in [4.78, 5) is 0. The topological polar surface area (TPSA) is 24.1 Å². The van der Waals surface area contributed by atoms with Crippen LogP contribution in [0.2, 0.25) is 5.02 Å². The van der Waals surface area contributed by atoms with E-state index in [2.05, 4.69) is 42.5 Å². The molecule has 0 aliphatic rings. The molecule has 0 spiro atoms. The molecular weight excluding hydrogens is 430 g/mol. The van der Waals surface area contributed by atoms with Gasteiger partial charge in [0, 0.05) is 19.7 Å². The van der Waals surface area contributed by atoms with E-state index in [4.69, 9.17) is 23.8 Å². The maximum absolute atomic E-state index is 13.8. The number of halogens is 4. The van der Waals surface area contributed by atoms with Crippen LogP contribution in [-0.2, 0) is 0 Å². The first-order chi connectivity index (χ1) is 9.45. The molecule has 20 heavy (non-hydrogen) atoms. The second kappa shape index (κ2) is 6.85. The average molecular weight is 439 g/mol. The van der Waals surface area contributed by atoms with Crippen molar-refractivity contribution < 1.29 is 4.39 Å². The second-order valence-corrected chi connectivity index (χ2v) is 6.45. The van der Waals surface area contributed by atoms with E-state index in [1.807, 2.05) is 6.07 Å². The number of hydrogen-bond acceptors (Lipinski definition) is 1. The lowest BCUT2D eigenvalue weighted by Gasteiger charge is -2.13. The summed E-state index contributed by atoms with van der Waals surface area (Å²) in [5.74, 6) is -0.415. The summed E-state index contributed by atoms with van der Waals surface area (Å²) < 4.78 is 15.1. The Hall–Kier alpha value is -0.690. The molecule has 2 nitrogen and oxygen atoms in total. The highest BCUT2D eigenvalue weighted by Gasteiger charge is 2.10. The lowest BCUT2D eigenvalue weighted by molar-refractivity contribution is 0.630. The second-order valence-electron chi connectivity index (χ2n) is 3.83. The van der Waals surface area contributed by atoms with Crippen LogP contribution in [0.1, 0.15) is 0 Å². The molecule has 2 rings (SSSR count). The molecule has 0 unspecified atom stereocenters. The van der Waals surface area contributed by atoms with Crippen LogP contribution in [0.3, 0.4) is 0 Å². The largest absolute Gasteiger partial charge is 0.332 e. The van der Waals surface area contributed by atoms with Gasteiger partial charge in [0.05, 0.1) is 5.69 Å². The van der Waals surface area contributed by atoms with Crippen LogP contribution in [0.15, 0.2) is 45.3 Å². The number of nitrogens with one attached hydrogen (secondary N) is 2. The van der Waals surface area contributed by atoms with Crippen LogP contribution in [-0.4, -0.2) is 5.11 Å². The van der Waals surface area contributed by atoms with Crippen molar-refractivity contribution in [2.45, 2.75) is 0 Å². The standard InChI is InChI=1S/C13H8Br2ClFN2S/c14-7-4-10(15)12(11(17)5-7)19-13(20)18-9-3-1-2-8(16)6-9/h1-6H,(H2,18,19,20). The van der Waals surface area contributed by atoms with E-state index in [-0.39, 0.29) is 10.8 Å². The van der Waals surface area contributed by atoms with Crippen molar-refractivity contribution >= 4 is 72.2 Å². The molecule has 0 amide bonds. The molecular formula is C13H8Br2ClFN2S. The number of benzene rings is 2. The van der Waals surface area contributed by atoms with Crippen molar-refractivity contribution in [3.05, 3.63) is 56.2 Å². The van der Waals surface area contributed by atoms with E-state index < -0.39 is 5.82 Å². The van der Waals surface area contributed by atoms with Crippen LogP contribution in [0.25, 0.3) is 0 Å². The lowest BCUT2D eigenvalue weighted by atomic mass is 10.3. The fraction of sp³-hybridized carbons (Fsp3) is 0. The van der Waals surface area contributed by atoms with Crippen molar-refractivity contribution in [2.75, 3.05) is 10.6 Å². The van der Waals surface area contributed by atoms with Gasteiger partial charge in [0.2, 0.25) is 0 Å². The van der Waals surface area contributed by atoms with Crippen molar-refractivity contribution in [3.63, 3.8) is 0 Å². The van der Waals surface area contributed by atoms with E-state index in [0.717, 1.165) is 5.69 Å². The van der Waals surface area contributed by atoms with Gasteiger partial charge in [-0.05, 0) is 58.5 Å². The molecule has 0 fully saturated rings. The minimum absolute atomic E-state index is 0.271. The molecule has 7 heteroatoms. The maximum atomic E-state index is 13.8. The van der Waals surface area contributed by atoms with Crippen molar-refractivity contribution in [1.82, 2.24) is 0 Å². The summed E-state index contributed by atoms with van der Waals surface area (Å²) in [5.41, 5.74) is 0.997. The van der Waals surface area contributed by atoms with Gasteiger partial charge in [0.25, 0.3) is 0 Å². The van der Waals surface area contributed by atoms with Gasteiger partial charge in [0.15, 0.2) is 5.11 Å². The third kappa shape index (κ3) is 4.15. The Morgan fingerprint density at radius 2 is 1.90 bits per heavy atom. The number of thiocarbonyl (C=S) groups is 1. The fourth-order valence-corrected chi connectivity index (χ4v) is 3.19. The molecule has 0 saturated carbocycles. The van der Waals surface area contributed by atoms with E-state index in [1.54, 1.807) is 24.3 Å². The van der Waals surface area contributed by atoms with E-state index >= 15 is 0 Å². The van der Waals surface area contributed by atoms with E-state index in [1.165, 1.54) is 6.07 Å². The predicted octanol–water partition coefficient (Wildman–Crippen LogP) is 5.81. The molecule has 2 N–H and O–H groups in total. The van der Waals surface area contributed by atoms with Gasteiger partial charge in [-0.3, -0.25) is 0 Å². The van der Waals surface area contributed by atoms with E-state index in [0.29, 0.717) is 14.0 Å². The third-order valence-electron chi connectivity index (χ3n) is 2.33. The quantitative estimate of drug-likeness (QED) is 0.579. The predicted molar refractivity (Wildman–Crippen MR) is 93.1 cm³/mol. The summed E-state index contributed by atoms with van der Waals surface area (Å²) in [6.45, 7) is 0. The highest BCUT2D eigenvalue weighted by molar-refractivity contribution is 9.11. The van der Waals surface area contributed by atoms with Crippen molar-refractivity contribution in [3.8, 4) is 0 Å². The van der Waals surface area contributed by atoms with Gasteiger partial charge < -0.3 is 10.6 Å². The SMILES string of the molecule is Fc1cc(Br)cc(Br)c1NC(=S)Nc1cccc(Cl)c1. The minimum atomic E-state index is -0.415. The summed E-state index contributed by atoms with van der Waals surface area (Å²) in [7, 11) is 0. The first-order valence-electron chi connectivity index (χ1n) is 5.44. The average Bonchev–Trinajstić information content (AvgIpc) is 2.33. The molecule has 0 radical (unpaired) electrons. The van der Waals surface area contributed by atoms with Gasteiger partial charge in [-0.15, -0.1) is 0 Å². The summed E-state index contributed by atoms with van der Waals surface area (Å²) in [6, 6.07) is 10.2. The Morgan fingerprint density at radius 1 is 1.15 bits per heavy atom. The van der Waals surface area contributed by atoms with Gasteiger partial charge in [0.1, 0.15) is 5.82 Å². The maximum Gasteiger partial charge on any atom is 0.175 e. The Kier molecular flexibility index (Phi) is 5.37. The van der Waals surface area contributed by atoms with Crippen LogP contribution in [0.4, 0.5) is 15.8 Å². The highest BCUT2D eigenvalue weighted by atomic mass is 79.9. The Balaban J connectivity index is 2.13. The number of rotatable bonds is 2. The van der Waals surface area contributed by atoms with Gasteiger partial charge >= 0.3 is 0 Å². The van der Waals surface area contributed by atoms with Crippen LogP contribution in [0, 0.1) is 5.82 Å². The zero-order valence-corrected chi connectivity index (χ0v) is 14.6. The minimum Gasteiger partial charge on any atom is -0.332 e. The normalized spacial score (nSPS) is 10.2. The molecule has 0 bridgehead atoms. The summed E-state index contributed by atoms with van der Waals surface area (Å²) in [5, 5.41) is 6.61. The third-order valence-corrected chi connectivity index (χ3v) is 3.85. The zero-order chi connectivity index (χ0) is 14.7. The smallest absolute Gasteiger partial charge is 0.175 e. The fourth-order valence-electron chi connectivity index (χ4n) is 1.50. The Morgan fingerprint density at radius 3 is 2.55 bits per heavy atom. The molecule has 0 atom stereocenters. The molecule has 0 aliphatic heterocycles. The Bertz CT molecular complexity index is 644. The van der Waals surface area contributed by atoms with Gasteiger partial charge in [-0.1, -0.05) is 33.6 Å². The number of hydrogen-bond donors (Lipinski definition) is 2. The zero-order valence-electron chi connectivity index (χ0n) is 9.88. The monoisotopic (exact) mass is 436 g/mol. The highest BCUT2D eigenvalue weighted by Crippen LogP contribution is 2.29. The molecule has 0 heterocycles.